The summed E-state index contributed by atoms with van der Waals surface area (Å²) in [6.45, 7) is 1.87. The second-order valence-corrected chi connectivity index (χ2v) is 6.63. The van der Waals surface area contributed by atoms with Crippen LogP contribution in [-0.4, -0.2) is 35.8 Å². The highest BCUT2D eigenvalue weighted by Gasteiger charge is 2.31. The Balaban J connectivity index is 2.69. The molecule has 0 fully saturated rings. The van der Waals surface area contributed by atoms with Gasteiger partial charge in [-0.2, -0.15) is 0 Å². The number of aliphatic hydroxyl groups is 1. The molecule has 1 aromatic carbocycles. The molecule has 0 saturated heterocycles. The van der Waals surface area contributed by atoms with Crippen molar-refractivity contribution in [2.45, 2.75) is 19.2 Å². The normalized spacial score (nSPS) is 15.2. The van der Waals surface area contributed by atoms with Crippen molar-refractivity contribution < 1.29 is 28.8 Å². The van der Waals surface area contributed by atoms with Crippen LogP contribution in [0.5, 0.6) is 5.75 Å². The summed E-state index contributed by atoms with van der Waals surface area (Å²) in [7, 11) is -2.39. The van der Waals surface area contributed by atoms with Crippen LogP contribution in [0.3, 0.4) is 0 Å². The Kier molecular flexibility index (Phi) is 6.20. The molecule has 112 valence electrons. The monoisotopic (exact) mass is 302 g/mol. The van der Waals surface area contributed by atoms with Crippen molar-refractivity contribution in [2.75, 3.05) is 19.9 Å². The molecular formula is C13H19O6P. The maximum atomic E-state index is 12.0. The Bertz CT molecular complexity index is 484. The lowest BCUT2D eigenvalue weighted by atomic mass is 10.2. The summed E-state index contributed by atoms with van der Waals surface area (Å²) in [6, 6.07) is 6.20. The van der Waals surface area contributed by atoms with E-state index in [9.17, 15) is 19.4 Å². The van der Waals surface area contributed by atoms with Crippen molar-refractivity contribution in [1.82, 2.24) is 0 Å². The zero-order valence-corrected chi connectivity index (χ0v) is 12.4. The molecule has 0 saturated carbocycles. The van der Waals surface area contributed by atoms with Gasteiger partial charge in [-0.25, -0.2) is 0 Å². The number of carbonyl (C=O) groups is 1. The number of esters is 1. The van der Waals surface area contributed by atoms with Crippen LogP contribution in [0.4, 0.5) is 0 Å². The highest BCUT2D eigenvalue weighted by Crippen LogP contribution is 2.54. The number of hydrogen-bond donors (Lipinski definition) is 2. The van der Waals surface area contributed by atoms with Gasteiger partial charge in [0.25, 0.3) is 0 Å². The fourth-order valence-electron chi connectivity index (χ4n) is 1.62. The Hall–Kier alpha value is -1.36. The van der Waals surface area contributed by atoms with Crippen LogP contribution in [-0.2, 0) is 14.1 Å². The third kappa shape index (κ3) is 4.63. The molecule has 2 atom stereocenters. The van der Waals surface area contributed by atoms with Crippen molar-refractivity contribution >= 4 is 13.3 Å². The molecule has 2 N–H and O–H groups in total. The molecule has 0 heterocycles. The minimum atomic E-state index is -3.89. The van der Waals surface area contributed by atoms with E-state index < -0.39 is 19.2 Å². The summed E-state index contributed by atoms with van der Waals surface area (Å²) in [4.78, 5) is 21.0. The molecule has 0 aliphatic carbocycles. The van der Waals surface area contributed by atoms with Gasteiger partial charge in [-0.05, 0) is 24.6 Å². The molecule has 1 rings (SSSR count). The van der Waals surface area contributed by atoms with Crippen LogP contribution in [0.1, 0.15) is 24.8 Å². The zero-order valence-electron chi connectivity index (χ0n) is 11.5. The SMILES string of the molecule is CCOC(=O)CCP(=O)(O)[C@@H](O)c1ccc(OC)cc1. The number of ether oxygens (including phenoxy) is 2. The molecule has 0 aromatic heterocycles. The van der Waals surface area contributed by atoms with Crippen LogP contribution < -0.4 is 4.74 Å². The lowest BCUT2D eigenvalue weighted by Crippen LogP contribution is -2.09. The van der Waals surface area contributed by atoms with Crippen LogP contribution in [0.2, 0.25) is 0 Å². The van der Waals surface area contributed by atoms with Gasteiger partial charge in [-0.15, -0.1) is 0 Å². The van der Waals surface area contributed by atoms with Gasteiger partial charge in [0.1, 0.15) is 5.75 Å². The second-order valence-electron chi connectivity index (χ2n) is 4.18. The quantitative estimate of drug-likeness (QED) is 0.590. The predicted octanol–water partition coefficient (Wildman–Crippen LogP) is 1.91. The first-order valence-corrected chi connectivity index (χ1v) is 8.11. The molecule has 0 bridgehead atoms. The molecule has 0 aliphatic heterocycles. The summed E-state index contributed by atoms with van der Waals surface area (Å²) in [5, 5.41) is 9.95. The average molecular weight is 302 g/mol. The number of carbonyl (C=O) groups excluding carboxylic acids is 1. The van der Waals surface area contributed by atoms with Crippen molar-refractivity contribution in [3.8, 4) is 5.75 Å². The number of aliphatic hydroxyl groups excluding tert-OH is 1. The minimum Gasteiger partial charge on any atom is -0.497 e. The first-order valence-electron chi connectivity index (χ1n) is 6.20. The summed E-state index contributed by atoms with van der Waals surface area (Å²) >= 11 is 0. The van der Waals surface area contributed by atoms with Crippen molar-refractivity contribution in [3.63, 3.8) is 0 Å². The van der Waals surface area contributed by atoms with E-state index in [4.69, 9.17) is 4.74 Å². The largest absolute Gasteiger partial charge is 0.497 e. The van der Waals surface area contributed by atoms with E-state index >= 15 is 0 Å². The Morgan fingerprint density at radius 1 is 1.35 bits per heavy atom. The minimum absolute atomic E-state index is 0.200. The molecule has 0 amide bonds. The molecule has 0 spiro atoms. The highest BCUT2D eigenvalue weighted by atomic mass is 31.2. The molecule has 0 radical (unpaired) electrons. The smallest absolute Gasteiger partial charge is 0.306 e. The first-order chi connectivity index (χ1) is 9.40. The van der Waals surface area contributed by atoms with Crippen molar-refractivity contribution in [1.29, 1.82) is 0 Å². The molecule has 0 aliphatic rings. The summed E-state index contributed by atoms with van der Waals surface area (Å²) in [6.07, 6.45) is -0.520. The maximum Gasteiger partial charge on any atom is 0.306 e. The molecule has 1 aromatic rings. The summed E-state index contributed by atoms with van der Waals surface area (Å²) in [5.74, 6) is -1.49. The molecule has 1 unspecified atom stereocenters. The van der Waals surface area contributed by atoms with Crippen molar-refractivity contribution in [3.05, 3.63) is 29.8 Å². The number of methoxy groups -OCH3 is 1. The Morgan fingerprint density at radius 2 is 1.95 bits per heavy atom. The van der Waals surface area contributed by atoms with Gasteiger partial charge in [-0.1, -0.05) is 12.1 Å². The summed E-state index contributed by atoms with van der Waals surface area (Å²) < 4.78 is 21.7. The fourth-order valence-corrected chi connectivity index (χ4v) is 3.00. The molecule has 20 heavy (non-hydrogen) atoms. The lowest BCUT2D eigenvalue weighted by molar-refractivity contribution is -0.142. The highest BCUT2D eigenvalue weighted by molar-refractivity contribution is 7.58. The van der Waals surface area contributed by atoms with Gasteiger partial charge in [0, 0.05) is 6.16 Å². The van der Waals surface area contributed by atoms with E-state index in [1.165, 1.54) is 19.2 Å². The van der Waals surface area contributed by atoms with Gasteiger partial charge in [0.15, 0.2) is 5.85 Å². The van der Waals surface area contributed by atoms with E-state index in [2.05, 4.69) is 4.74 Å². The van der Waals surface area contributed by atoms with Gasteiger partial charge < -0.3 is 19.5 Å². The van der Waals surface area contributed by atoms with Crippen LogP contribution in [0.25, 0.3) is 0 Å². The number of hydrogen-bond acceptors (Lipinski definition) is 5. The van der Waals surface area contributed by atoms with Gasteiger partial charge in [-0.3, -0.25) is 9.36 Å². The Morgan fingerprint density at radius 3 is 2.45 bits per heavy atom. The summed E-state index contributed by atoms with van der Waals surface area (Å²) in [5.41, 5.74) is 0.306. The first kappa shape index (κ1) is 16.7. The standard InChI is InChI=1S/C13H19O6P/c1-3-19-12(14)8-9-20(16,17)13(15)10-4-6-11(18-2)7-5-10/h4-7,13,15H,3,8-9H2,1-2H3,(H,16,17)/t13-/m1/s1. The second kappa shape index (κ2) is 7.43. The van der Waals surface area contributed by atoms with E-state index in [1.807, 2.05) is 0 Å². The predicted molar refractivity (Wildman–Crippen MR) is 73.9 cm³/mol. The van der Waals surface area contributed by atoms with Crippen LogP contribution in [0, 0.1) is 0 Å². The van der Waals surface area contributed by atoms with E-state index in [1.54, 1.807) is 19.1 Å². The zero-order chi connectivity index (χ0) is 15.2. The van der Waals surface area contributed by atoms with Crippen LogP contribution >= 0.6 is 7.37 Å². The topological polar surface area (TPSA) is 93.1 Å². The van der Waals surface area contributed by atoms with E-state index in [0.29, 0.717) is 11.3 Å². The van der Waals surface area contributed by atoms with E-state index in [-0.39, 0.29) is 19.2 Å². The van der Waals surface area contributed by atoms with Gasteiger partial charge in [0.2, 0.25) is 7.37 Å². The third-order valence-corrected chi connectivity index (χ3v) is 4.66. The molecular weight excluding hydrogens is 283 g/mol. The Labute approximate surface area is 117 Å². The maximum absolute atomic E-state index is 12.0. The van der Waals surface area contributed by atoms with E-state index in [0.717, 1.165) is 0 Å². The number of benzene rings is 1. The third-order valence-electron chi connectivity index (χ3n) is 2.74. The average Bonchev–Trinajstić information content (AvgIpc) is 2.45. The molecule has 7 heteroatoms. The van der Waals surface area contributed by atoms with Gasteiger partial charge >= 0.3 is 5.97 Å². The van der Waals surface area contributed by atoms with Crippen LogP contribution in [0.15, 0.2) is 24.3 Å². The molecule has 6 nitrogen and oxygen atoms in total. The number of rotatable bonds is 7. The lowest BCUT2D eigenvalue weighted by Gasteiger charge is -2.18. The fraction of sp³-hybridized carbons (Fsp3) is 0.462. The van der Waals surface area contributed by atoms with Gasteiger partial charge in [0.05, 0.1) is 20.1 Å². The van der Waals surface area contributed by atoms with Crippen molar-refractivity contribution in [2.24, 2.45) is 0 Å².